The van der Waals surface area contributed by atoms with E-state index < -0.39 is 22.7 Å². The highest BCUT2D eigenvalue weighted by atomic mass is 79.9. The number of sulfonamides is 1. The van der Waals surface area contributed by atoms with Gasteiger partial charge in [-0.3, -0.25) is 0 Å². The molecule has 0 spiro atoms. The van der Waals surface area contributed by atoms with Crippen molar-refractivity contribution in [3.8, 4) is 0 Å². The molecule has 1 atom stereocenters. The van der Waals surface area contributed by atoms with E-state index >= 15 is 0 Å². The molecule has 0 aromatic heterocycles. The lowest BCUT2D eigenvalue weighted by atomic mass is 10.4. The first-order valence-electron chi connectivity index (χ1n) is 4.88. The second kappa shape index (κ2) is 5.92. The van der Waals surface area contributed by atoms with Crippen molar-refractivity contribution in [2.24, 2.45) is 0 Å². The smallest absolute Gasteiger partial charge is 0.242 e. The van der Waals surface area contributed by atoms with Gasteiger partial charge in [-0.25, -0.2) is 8.42 Å². The van der Waals surface area contributed by atoms with Gasteiger partial charge in [0, 0.05) is 18.1 Å². The van der Waals surface area contributed by atoms with E-state index in [0.717, 1.165) is 4.31 Å². The maximum atomic E-state index is 12.0. The predicted molar refractivity (Wildman–Crippen MR) is 67.1 cm³/mol. The van der Waals surface area contributed by atoms with E-state index in [9.17, 15) is 13.5 Å². The molecule has 96 valence electrons. The average Bonchev–Trinajstić information content (AvgIpc) is 2.28. The molecular formula is C10H14BrNO4S. The summed E-state index contributed by atoms with van der Waals surface area (Å²) in [6, 6.07) is 6.30. The summed E-state index contributed by atoms with van der Waals surface area (Å²) in [5.41, 5.74) is 0. The third kappa shape index (κ3) is 3.75. The van der Waals surface area contributed by atoms with E-state index in [0.29, 0.717) is 4.47 Å². The molecule has 0 radical (unpaired) electrons. The lowest BCUT2D eigenvalue weighted by Gasteiger charge is -2.19. The first kappa shape index (κ1) is 14.6. The van der Waals surface area contributed by atoms with Crippen molar-refractivity contribution in [1.82, 2.24) is 4.31 Å². The van der Waals surface area contributed by atoms with Crippen LogP contribution < -0.4 is 0 Å². The molecule has 0 unspecified atom stereocenters. The van der Waals surface area contributed by atoms with E-state index in [1.165, 1.54) is 19.2 Å². The molecule has 17 heavy (non-hydrogen) atoms. The summed E-state index contributed by atoms with van der Waals surface area (Å²) >= 11 is 3.20. The van der Waals surface area contributed by atoms with Crippen LogP contribution in [-0.4, -0.2) is 49.2 Å². The Morgan fingerprint density at radius 1 is 1.47 bits per heavy atom. The standard InChI is InChI=1S/C10H14BrNO4S/c1-12(6-9(14)7-13)17(15,16)10-4-2-3-8(11)5-10/h2-5,9,13-14H,6-7H2,1H3/t9-/m0/s1. The number of likely N-dealkylation sites (N-methyl/N-ethyl adjacent to an activating group) is 1. The lowest BCUT2D eigenvalue weighted by Crippen LogP contribution is -2.35. The normalized spacial score (nSPS) is 13.9. The molecule has 0 fully saturated rings. The van der Waals surface area contributed by atoms with Crippen LogP contribution in [0.5, 0.6) is 0 Å². The van der Waals surface area contributed by atoms with Crippen molar-refractivity contribution in [2.45, 2.75) is 11.0 Å². The molecule has 0 aliphatic rings. The van der Waals surface area contributed by atoms with Gasteiger partial charge in [0.25, 0.3) is 0 Å². The van der Waals surface area contributed by atoms with E-state index in [4.69, 9.17) is 5.11 Å². The molecule has 1 rings (SSSR count). The topological polar surface area (TPSA) is 77.8 Å². The van der Waals surface area contributed by atoms with Crippen LogP contribution in [0.3, 0.4) is 0 Å². The summed E-state index contributed by atoms with van der Waals surface area (Å²) in [7, 11) is -2.28. The molecular weight excluding hydrogens is 310 g/mol. The van der Waals surface area contributed by atoms with Gasteiger partial charge in [0.1, 0.15) is 0 Å². The van der Waals surface area contributed by atoms with Crippen molar-refractivity contribution in [1.29, 1.82) is 0 Å². The molecule has 2 N–H and O–H groups in total. The summed E-state index contributed by atoms with van der Waals surface area (Å²) in [6.45, 7) is -0.621. The summed E-state index contributed by atoms with van der Waals surface area (Å²) in [5, 5.41) is 17.9. The van der Waals surface area contributed by atoms with E-state index in [1.54, 1.807) is 12.1 Å². The van der Waals surface area contributed by atoms with E-state index in [1.807, 2.05) is 0 Å². The van der Waals surface area contributed by atoms with Gasteiger partial charge in [-0.1, -0.05) is 22.0 Å². The fourth-order valence-corrected chi connectivity index (χ4v) is 3.07. The summed E-state index contributed by atoms with van der Waals surface area (Å²) in [6.07, 6.45) is -1.08. The molecule has 0 aliphatic carbocycles. The quantitative estimate of drug-likeness (QED) is 0.823. The van der Waals surface area contributed by atoms with Crippen LogP contribution in [0.2, 0.25) is 0 Å². The minimum Gasteiger partial charge on any atom is -0.394 e. The maximum absolute atomic E-state index is 12.0. The number of benzene rings is 1. The highest BCUT2D eigenvalue weighted by Gasteiger charge is 2.22. The van der Waals surface area contributed by atoms with Gasteiger partial charge >= 0.3 is 0 Å². The second-order valence-electron chi connectivity index (χ2n) is 3.58. The molecule has 0 aliphatic heterocycles. The molecule has 5 nitrogen and oxygen atoms in total. The number of aliphatic hydroxyl groups is 2. The summed E-state index contributed by atoms with van der Waals surface area (Å²) < 4.78 is 25.8. The first-order chi connectivity index (χ1) is 7.87. The zero-order valence-electron chi connectivity index (χ0n) is 9.25. The van der Waals surface area contributed by atoms with Gasteiger partial charge in [-0.05, 0) is 18.2 Å². The number of aliphatic hydroxyl groups excluding tert-OH is 2. The minimum atomic E-state index is -3.63. The second-order valence-corrected chi connectivity index (χ2v) is 6.54. The summed E-state index contributed by atoms with van der Waals surface area (Å²) in [4.78, 5) is 0.138. The van der Waals surface area contributed by atoms with Gasteiger partial charge in [0.15, 0.2) is 0 Å². The molecule has 0 saturated carbocycles. The Labute approximate surface area is 109 Å². The van der Waals surface area contributed by atoms with Crippen LogP contribution in [0, 0.1) is 0 Å². The zero-order chi connectivity index (χ0) is 13.1. The third-order valence-corrected chi connectivity index (χ3v) is 4.50. The van der Waals surface area contributed by atoms with Gasteiger partial charge in [0.2, 0.25) is 10.0 Å². The Balaban J connectivity index is 2.95. The molecule has 0 bridgehead atoms. The molecule has 0 amide bonds. The molecule has 0 heterocycles. The number of rotatable bonds is 5. The number of halogens is 1. The van der Waals surface area contributed by atoms with Crippen molar-refractivity contribution in [3.63, 3.8) is 0 Å². The van der Waals surface area contributed by atoms with Crippen LogP contribution in [0.4, 0.5) is 0 Å². The average molecular weight is 324 g/mol. The molecule has 1 aromatic carbocycles. The monoisotopic (exact) mass is 323 g/mol. The Morgan fingerprint density at radius 2 is 2.12 bits per heavy atom. The predicted octanol–water partition coefficient (Wildman–Crippen LogP) is 0.423. The largest absolute Gasteiger partial charge is 0.394 e. The number of nitrogens with zero attached hydrogens (tertiary/aromatic N) is 1. The Kier molecular flexibility index (Phi) is 5.08. The van der Waals surface area contributed by atoms with Crippen molar-refractivity contribution in [3.05, 3.63) is 28.7 Å². The maximum Gasteiger partial charge on any atom is 0.242 e. The minimum absolute atomic E-state index is 0.138. The van der Waals surface area contributed by atoms with Gasteiger partial charge < -0.3 is 10.2 Å². The highest BCUT2D eigenvalue weighted by Crippen LogP contribution is 2.19. The zero-order valence-corrected chi connectivity index (χ0v) is 11.6. The van der Waals surface area contributed by atoms with Crippen molar-refractivity contribution < 1.29 is 18.6 Å². The van der Waals surface area contributed by atoms with Crippen LogP contribution in [0.1, 0.15) is 0 Å². The van der Waals surface area contributed by atoms with Gasteiger partial charge in [-0.2, -0.15) is 4.31 Å². The summed E-state index contributed by atoms with van der Waals surface area (Å²) in [5.74, 6) is 0. The van der Waals surface area contributed by atoms with Gasteiger partial charge in [-0.15, -0.1) is 0 Å². The molecule has 7 heteroatoms. The lowest BCUT2D eigenvalue weighted by molar-refractivity contribution is 0.0826. The van der Waals surface area contributed by atoms with Crippen LogP contribution in [-0.2, 0) is 10.0 Å². The van der Waals surface area contributed by atoms with Crippen LogP contribution >= 0.6 is 15.9 Å². The number of hydrogen-bond donors (Lipinski definition) is 2. The van der Waals surface area contributed by atoms with Crippen molar-refractivity contribution >= 4 is 26.0 Å². The van der Waals surface area contributed by atoms with Crippen LogP contribution in [0.25, 0.3) is 0 Å². The number of hydrogen-bond acceptors (Lipinski definition) is 4. The Bertz CT molecular complexity index is 477. The van der Waals surface area contributed by atoms with Crippen molar-refractivity contribution in [2.75, 3.05) is 20.2 Å². The first-order valence-corrected chi connectivity index (χ1v) is 7.12. The highest BCUT2D eigenvalue weighted by molar-refractivity contribution is 9.10. The fourth-order valence-electron chi connectivity index (χ4n) is 1.26. The molecule has 0 saturated heterocycles. The van der Waals surface area contributed by atoms with E-state index in [-0.39, 0.29) is 11.4 Å². The Morgan fingerprint density at radius 3 is 2.65 bits per heavy atom. The fraction of sp³-hybridized carbons (Fsp3) is 0.400. The SMILES string of the molecule is CN(C[C@H](O)CO)S(=O)(=O)c1cccc(Br)c1. The molecule has 1 aromatic rings. The van der Waals surface area contributed by atoms with E-state index in [2.05, 4.69) is 15.9 Å². The third-order valence-electron chi connectivity index (χ3n) is 2.18. The Hall–Kier alpha value is -0.470. The van der Waals surface area contributed by atoms with Gasteiger partial charge in [0.05, 0.1) is 17.6 Å². The van der Waals surface area contributed by atoms with Crippen LogP contribution in [0.15, 0.2) is 33.6 Å².